The van der Waals surface area contributed by atoms with Gasteiger partial charge in [0.05, 0.1) is 30.3 Å². The molecule has 0 fully saturated rings. The molecule has 5 heteroatoms. The third-order valence-corrected chi connectivity index (χ3v) is 3.95. The summed E-state index contributed by atoms with van der Waals surface area (Å²) >= 11 is 0. The zero-order valence-corrected chi connectivity index (χ0v) is 15.5. The quantitative estimate of drug-likeness (QED) is 0.449. The Kier molecular flexibility index (Phi) is 6.05. The maximum absolute atomic E-state index is 10.4. The minimum Gasteiger partial charge on any atom is -0.506 e. The molecule has 0 aliphatic carbocycles. The summed E-state index contributed by atoms with van der Waals surface area (Å²) in [5.41, 5.74) is 2.90. The predicted octanol–water partition coefficient (Wildman–Crippen LogP) is 5.68. The van der Waals surface area contributed by atoms with Gasteiger partial charge < -0.3 is 25.2 Å². The monoisotopic (exact) mass is 364 g/mol. The van der Waals surface area contributed by atoms with Crippen molar-refractivity contribution in [2.24, 2.45) is 0 Å². The number of phenols is 1. The van der Waals surface area contributed by atoms with Crippen LogP contribution in [0.5, 0.6) is 17.2 Å². The second kappa shape index (κ2) is 8.85. The number of hydrogen-bond acceptors (Lipinski definition) is 5. The van der Waals surface area contributed by atoms with Crippen LogP contribution in [-0.4, -0.2) is 18.3 Å². The van der Waals surface area contributed by atoms with Crippen LogP contribution in [0.4, 0.5) is 22.7 Å². The number of ether oxygens (including phenoxy) is 2. The van der Waals surface area contributed by atoms with Gasteiger partial charge in [-0.3, -0.25) is 0 Å². The highest BCUT2D eigenvalue weighted by molar-refractivity contribution is 5.85. The van der Waals surface area contributed by atoms with Crippen molar-refractivity contribution in [2.45, 2.75) is 13.8 Å². The van der Waals surface area contributed by atoms with Crippen molar-refractivity contribution in [3.05, 3.63) is 66.7 Å². The van der Waals surface area contributed by atoms with Crippen molar-refractivity contribution < 1.29 is 14.6 Å². The molecule has 0 atom stereocenters. The molecule has 0 radical (unpaired) electrons. The van der Waals surface area contributed by atoms with E-state index in [-0.39, 0.29) is 5.75 Å². The molecule has 0 saturated heterocycles. The van der Waals surface area contributed by atoms with Crippen LogP contribution < -0.4 is 20.1 Å². The van der Waals surface area contributed by atoms with Crippen LogP contribution in [0.25, 0.3) is 0 Å². The van der Waals surface area contributed by atoms with E-state index in [1.165, 1.54) is 0 Å². The number of aromatic hydroxyl groups is 1. The standard InChI is InChI=1S/C22H24N2O3/c1-3-26-20-14-7-5-10-16(20)23-18-12-9-13-19(25)22(18)24-17-11-6-8-15-21(17)27-4-2/h5-15,23-25H,3-4H2,1-2H3. The first-order chi connectivity index (χ1) is 13.2. The second-order valence-electron chi connectivity index (χ2n) is 5.81. The molecule has 5 nitrogen and oxygen atoms in total. The lowest BCUT2D eigenvalue weighted by Crippen LogP contribution is -2.02. The molecular formula is C22H24N2O3. The molecule has 0 heterocycles. The van der Waals surface area contributed by atoms with E-state index >= 15 is 0 Å². The fourth-order valence-corrected chi connectivity index (χ4v) is 2.76. The van der Waals surface area contributed by atoms with Crippen molar-refractivity contribution in [3.63, 3.8) is 0 Å². The van der Waals surface area contributed by atoms with Crippen molar-refractivity contribution in [1.82, 2.24) is 0 Å². The smallest absolute Gasteiger partial charge is 0.142 e. The van der Waals surface area contributed by atoms with Gasteiger partial charge in [-0.25, -0.2) is 0 Å². The molecule has 3 N–H and O–H groups in total. The van der Waals surface area contributed by atoms with E-state index in [2.05, 4.69) is 10.6 Å². The first-order valence-corrected chi connectivity index (χ1v) is 9.02. The summed E-state index contributed by atoms with van der Waals surface area (Å²) in [6.45, 7) is 5.02. The number of para-hydroxylation sites is 5. The number of anilines is 4. The van der Waals surface area contributed by atoms with Crippen molar-refractivity contribution >= 4 is 22.7 Å². The van der Waals surface area contributed by atoms with Gasteiger partial charge in [0, 0.05) is 0 Å². The molecular weight excluding hydrogens is 340 g/mol. The fraction of sp³-hybridized carbons (Fsp3) is 0.182. The van der Waals surface area contributed by atoms with E-state index in [0.29, 0.717) is 18.9 Å². The van der Waals surface area contributed by atoms with E-state index in [1.54, 1.807) is 12.1 Å². The Morgan fingerprint density at radius 3 is 1.78 bits per heavy atom. The summed E-state index contributed by atoms with van der Waals surface area (Å²) in [7, 11) is 0. The number of benzene rings is 3. The van der Waals surface area contributed by atoms with E-state index in [1.807, 2.05) is 68.4 Å². The summed E-state index contributed by atoms with van der Waals surface area (Å²) in [4.78, 5) is 0. The molecule has 3 rings (SSSR count). The second-order valence-corrected chi connectivity index (χ2v) is 5.81. The van der Waals surface area contributed by atoms with Gasteiger partial charge in [-0.2, -0.15) is 0 Å². The van der Waals surface area contributed by atoms with Gasteiger partial charge >= 0.3 is 0 Å². The van der Waals surface area contributed by atoms with Gasteiger partial charge in [-0.05, 0) is 50.2 Å². The van der Waals surface area contributed by atoms with Crippen LogP contribution in [0.1, 0.15) is 13.8 Å². The molecule has 0 unspecified atom stereocenters. The van der Waals surface area contributed by atoms with Gasteiger partial charge in [0.1, 0.15) is 22.9 Å². The van der Waals surface area contributed by atoms with Crippen LogP contribution >= 0.6 is 0 Å². The van der Waals surface area contributed by atoms with Crippen LogP contribution in [0, 0.1) is 0 Å². The van der Waals surface area contributed by atoms with Gasteiger partial charge in [0.2, 0.25) is 0 Å². The number of rotatable bonds is 8. The topological polar surface area (TPSA) is 62.8 Å². The van der Waals surface area contributed by atoms with Crippen molar-refractivity contribution in [1.29, 1.82) is 0 Å². The Labute approximate surface area is 159 Å². The molecule has 140 valence electrons. The van der Waals surface area contributed by atoms with Crippen LogP contribution in [0.15, 0.2) is 66.7 Å². The number of hydrogen-bond donors (Lipinski definition) is 3. The lowest BCUT2D eigenvalue weighted by molar-refractivity contribution is 0.341. The highest BCUT2D eigenvalue weighted by atomic mass is 16.5. The zero-order valence-electron chi connectivity index (χ0n) is 15.5. The minimum absolute atomic E-state index is 0.139. The first kappa shape index (κ1) is 18.5. The molecule has 0 saturated carbocycles. The van der Waals surface area contributed by atoms with E-state index in [4.69, 9.17) is 9.47 Å². The SMILES string of the molecule is CCOc1ccccc1Nc1cccc(O)c1Nc1ccccc1OCC. The third kappa shape index (κ3) is 4.44. The predicted molar refractivity (Wildman–Crippen MR) is 110 cm³/mol. The van der Waals surface area contributed by atoms with Crippen molar-refractivity contribution in [3.8, 4) is 17.2 Å². The van der Waals surface area contributed by atoms with Crippen LogP contribution in [-0.2, 0) is 0 Å². The Morgan fingerprint density at radius 1 is 0.667 bits per heavy atom. The molecule has 0 aliphatic heterocycles. The van der Waals surface area contributed by atoms with Gasteiger partial charge in [-0.15, -0.1) is 0 Å². The summed E-state index contributed by atoms with van der Waals surface area (Å²) in [6, 6.07) is 20.7. The number of phenolic OH excluding ortho intramolecular Hbond substituents is 1. The molecule has 0 aliphatic rings. The maximum atomic E-state index is 10.4. The molecule has 0 amide bonds. The van der Waals surface area contributed by atoms with Gasteiger partial charge in [-0.1, -0.05) is 30.3 Å². The average molecular weight is 364 g/mol. The van der Waals surface area contributed by atoms with Gasteiger partial charge in [0.15, 0.2) is 0 Å². The van der Waals surface area contributed by atoms with Crippen LogP contribution in [0.3, 0.4) is 0 Å². The highest BCUT2D eigenvalue weighted by Crippen LogP contribution is 2.39. The molecule has 3 aromatic rings. The molecule has 3 aromatic carbocycles. The lowest BCUT2D eigenvalue weighted by atomic mass is 10.2. The summed E-state index contributed by atoms with van der Waals surface area (Å²) in [5, 5.41) is 17.1. The molecule has 27 heavy (non-hydrogen) atoms. The Morgan fingerprint density at radius 2 is 1.19 bits per heavy atom. The largest absolute Gasteiger partial charge is 0.506 e. The average Bonchev–Trinajstić information content (AvgIpc) is 2.68. The van der Waals surface area contributed by atoms with Crippen molar-refractivity contribution in [2.75, 3.05) is 23.8 Å². The van der Waals surface area contributed by atoms with Gasteiger partial charge in [0.25, 0.3) is 0 Å². The van der Waals surface area contributed by atoms with E-state index in [9.17, 15) is 5.11 Å². The Hall–Kier alpha value is -3.34. The highest BCUT2D eigenvalue weighted by Gasteiger charge is 2.12. The fourth-order valence-electron chi connectivity index (χ4n) is 2.76. The lowest BCUT2D eigenvalue weighted by Gasteiger charge is -2.18. The van der Waals surface area contributed by atoms with Crippen LogP contribution in [0.2, 0.25) is 0 Å². The third-order valence-electron chi connectivity index (χ3n) is 3.95. The Balaban J connectivity index is 1.95. The summed E-state index contributed by atoms with van der Waals surface area (Å²) in [5.74, 6) is 1.62. The summed E-state index contributed by atoms with van der Waals surface area (Å²) in [6.07, 6.45) is 0. The molecule has 0 aromatic heterocycles. The first-order valence-electron chi connectivity index (χ1n) is 9.02. The zero-order chi connectivity index (χ0) is 19.1. The Bertz CT molecular complexity index is 896. The number of nitrogens with one attached hydrogen (secondary N) is 2. The summed E-state index contributed by atoms with van der Waals surface area (Å²) < 4.78 is 11.4. The maximum Gasteiger partial charge on any atom is 0.142 e. The van der Waals surface area contributed by atoms with E-state index in [0.717, 1.165) is 28.6 Å². The minimum atomic E-state index is 0.139. The molecule has 0 bridgehead atoms. The van der Waals surface area contributed by atoms with E-state index < -0.39 is 0 Å². The normalized spacial score (nSPS) is 10.3. The molecule has 0 spiro atoms.